The molecule has 110 valence electrons. The van der Waals surface area contributed by atoms with Crippen LogP contribution in [0.15, 0.2) is 24.3 Å². The van der Waals surface area contributed by atoms with Crippen molar-refractivity contribution in [2.24, 2.45) is 0 Å². The predicted octanol–water partition coefficient (Wildman–Crippen LogP) is 2.16. The Hall–Kier alpha value is -2.01. The first-order valence-electron chi connectivity index (χ1n) is 7.46. The molecule has 0 radical (unpaired) electrons. The average Bonchev–Trinajstić information content (AvgIpc) is 3.14. The van der Waals surface area contributed by atoms with Crippen LogP contribution in [0.2, 0.25) is 0 Å². The molecule has 2 aromatic rings. The summed E-state index contributed by atoms with van der Waals surface area (Å²) in [5, 5.41) is 8.18. The van der Waals surface area contributed by atoms with E-state index in [4.69, 9.17) is 0 Å². The molecule has 1 aliphatic heterocycles. The Morgan fingerprint density at radius 2 is 2.05 bits per heavy atom. The lowest BCUT2D eigenvalue weighted by Crippen LogP contribution is -2.24. The fourth-order valence-electron chi connectivity index (χ4n) is 2.89. The molecule has 0 bridgehead atoms. The normalized spacial score (nSPS) is 15.5. The summed E-state index contributed by atoms with van der Waals surface area (Å²) < 4.78 is 1.86. The number of rotatable bonds is 5. The Labute approximate surface area is 124 Å². The highest BCUT2D eigenvalue weighted by Crippen LogP contribution is 2.22. The van der Waals surface area contributed by atoms with E-state index in [0.29, 0.717) is 5.69 Å². The lowest BCUT2D eigenvalue weighted by atomic mass is 10.1. The lowest BCUT2D eigenvalue weighted by Gasteiger charge is -2.15. The van der Waals surface area contributed by atoms with Gasteiger partial charge in [-0.05, 0) is 38.9 Å². The van der Waals surface area contributed by atoms with Crippen LogP contribution in [-0.4, -0.2) is 45.8 Å². The maximum atomic E-state index is 11.2. The van der Waals surface area contributed by atoms with Gasteiger partial charge in [-0.25, -0.2) is 4.68 Å². The molecule has 3 rings (SSSR count). The van der Waals surface area contributed by atoms with Gasteiger partial charge in [0.05, 0.1) is 12.2 Å². The van der Waals surface area contributed by atoms with E-state index in [-0.39, 0.29) is 0 Å². The molecule has 0 saturated carbocycles. The third-order valence-electron chi connectivity index (χ3n) is 3.99. The van der Waals surface area contributed by atoms with E-state index in [2.05, 4.69) is 21.3 Å². The standard InChI is InChI=1S/C16H20N4O/c1-13-5-4-6-14(11-13)16-15(12-21)17-18-20(16)10-9-19-7-2-3-8-19/h4-6,11-12H,2-3,7-10H2,1H3. The predicted molar refractivity (Wildman–Crippen MR) is 81.3 cm³/mol. The van der Waals surface area contributed by atoms with Gasteiger partial charge in [0.1, 0.15) is 0 Å². The van der Waals surface area contributed by atoms with E-state index >= 15 is 0 Å². The molecule has 2 heterocycles. The van der Waals surface area contributed by atoms with Crippen molar-refractivity contribution in [2.45, 2.75) is 26.3 Å². The highest BCUT2D eigenvalue weighted by molar-refractivity contribution is 5.83. The Morgan fingerprint density at radius 1 is 1.24 bits per heavy atom. The largest absolute Gasteiger partial charge is 0.301 e. The number of hydrogen-bond donors (Lipinski definition) is 0. The van der Waals surface area contributed by atoms with Crippen molar-refractivity contribution < 1.29 is 4.79 Å². The number of carbonyl (C=O) groups excluding carboxylic acids is 1. The first-order chi connectivity index (χ1) is 10.3. The molecule has 0 N–H and O–H groups in total. The highest BCUT2D eigenvalue weighted by Gasteiger charge is 2.16. The van der Waals surface area contributed by atoms with Crippen molar-refractivity contribution in [2.75, 3.05) is 19.6 Å². The molecule has 5 heteroatoms. The van der Waals surface area contributed by atoms with Gasteiger partial charge in [-0.1, -0.05) is 29.0 Å². The summed E-state index contributed by atoms with van der Waals surface area (Å²) in [6.07, 6.45) is 3.35. The van der Waals surface area contributed by atoms with Gasteiger partial charge in [-0.3, -0.25) is 4.79 Å². The topological polar surface area (TPSA) is 51.0 Å². The van der Waals surface area contributed by atoms with Crippen molar-refractivity contribution >= 4 is 6.29 Å². The van der Waals surface area contributed by atoms with E-state index in [1.807, 2.05) is 29.8 Å². The molecule has 0 spiro atoms. The molecule has 0 aliphatic carbocycles. The fourth-order valence-corrected chi connectivity index (χ4v) is 2.89. The van der Waals surface area contributed by atoms with Crippen LogP contribution >= 0.6 is 0 Å². The van der Waals surface area contributed by atoms with Gasteiger partial charge in [0.25, 0.3) is 0 Å². The summed E-state index contributed by atoms with van der Waals surface area (Å²) in [4.78, 5) is 13.7. The van der Waals surface area contributed by atoms with Crippen molar-refractivity contribution in [3.05, 3.63) is 35.5 Å². The molecule has 1 saturated heterocycles. The van der Waals surface area contributed by atoms with Crippen LogP contribution in [0, 0.1) is 6.92 Å². The number of carbonyl (C=O) groups is 1. The highest BCUT2D eigenvalue weighted by atomic mass is 16.1. The monoisotopic (exact) mass is 284 g/mol. The minimum atomic E-state index is 0.419. The van der Waals surface area contributed by atoms with Crippen molar-refractivity contribution in [1.82, 2.24) is 19.9 Å². The zero-order valence-corrected chi connectivity index (χ0v) is 12.3. The van der Waals surface area contributed by atoms with E-state index in [1.54, 1.807) is 0 Å². The average molecular weight is 284 g/mol. The van der Waals surface area contributed by atoms with Gasteiger partial charge in [0, 0.05) is 12.1 Å². The number of likely N-dealkylation sites (tertiary alicyclic amines) is 1. The molecule has 1 aromatic carbocycles. The van der Waals surface area contributed by atoms with Gasteiger partial charge >= 0.3 is 0 Å². The van der Waals surface area contributed by atoms with Gasteiger partial charge in [0.2, 0.25) is 0 Å². The van der Waals surface area contributed by atoms with E-state index in [1.165, 1.54) is 12.8 Å². The number of benzene rings is 1. The first kappa shape index (κ1) is 13.9. The van der Waals surface area contributed by atoms with Crippen LogP contribution in [0.4, 0.5) is 0 Å². The van der Waals surface area contributed by atoms with E-state index < -0.39 is 0 Å². The van der Waals surface area contributed by atoms with Crippen LogP contribution in [0.3, 0.4) is 0 Å². The van der Waals surface area contributed by atoms with Crippen molar-refractivity contribution in [3.63, 3.8) is 0 Å². The Kier molecular flexibility index (Phi) is 4.10. The molecule has 0 atom stereocenters. The van der Waals surface area contributed by atoms with Crippen molar-refractivity contribution in [1.29, 1.82) is 0 Å². The third-order valence-corrected chi connectivity index (χ3v) is 3.99. The fraction of sp³-hybridized carbons (Fsp3) is 0.438. The second kappa shape index (κ2) is 6.18. The minimum Gasteiger partial charge on any atom is -0.301 e. The van der Waals surface area contributed by atoms with Crippen LogP contribution in [0.5, 0.6) is 0 Å². The molecular weight excluding hydrogens is 264 g/mol. The second-order valence-electron chi connectivity index (χ2n) is 5.58. The number of aldehydes is 1. The van der Waals surface area contributed by atoms with Gasteiger partial charge in [-0.15, -0.1) is 5.10 Å². The number of aryl methyl sites for hydroxylation is 1. The molecule has 1 aliphatic rings. The minimum absolute atomic E-state index is 0.419. The van der Waals surface area contributed by atoms with Crippen LogP contribution in [0.25, 0.3) is 11.3 Å². The summed E-state index contributed by atoms with van der Waals surface area (Å²) in [7, 11) is 0. The van der Waals surface area contributed by atoms with Gasteiger partial charge < -0.3 is 4.90 Å². The van der Waals surface area contributed by atoms with Crippen molar-refractivity contribution in [3.8, 4) is 11.3 Å². The van der Waals surface area contributed by atoms with Crippen LogP contribution in [-0.2, 0) is 6.54 Å². The van der Waals surface area contributed by atoms with E-state index in [9.17, 15) is 4.79 Å². The molecule has 1 fully saturated rings. The van der Waals surface area contributed by atoms with Crippen LogP contribution < -0.4 is 0 Å². The first-order valence-corrected chi connectivity index (χ1v) is 7.46. The molecule has 21 heavy (non-hydrogen) atoms. The zero-order valence-electron chi connectivity index (χ0n) is 12.3. The molecule has 5 nitrogen and oxygen atoms in total. The summed E-state index contributed by atoms with van der Waals surface area (Å²) in [6.45, 7) is 6.09. The lowest BCUT2D eigenvalue weighted by molar-refractivity contribution is 0.111. The van der Waals surface area contributed by atoms with Gasteiger partial charge in [0.15, 0.2) is 12.0 Å². The number of aromatic nitrogens is 3. The molecule has 0 unspecified atom stereocenters. The maximum absolute atomic E-state index is 11.2. The maximum Gasteiger partial charge on any atom is 0.172 e. The SMILES string of the molecule is Cc1cccc(-c2c(C=O)nnn2CCN2CCCC2)c1. The molecule has 1 aromatic heterocycles. The summed E-state index contributed by atoms with van der Waals surface area (Å²) in [5.41, 5.74) is 3.41. The summed E-state index contributed by atoms with van der Waals surface area (Å²) in [5.74, 6) is 0. The molecule has 0 amide bonds. The zero-order chi connectivity index (χ0) is 14.7. The Balaban J connectivity index is 1.86. The van der Waals surface area contributed by atoms with E-state index in [0.717, 1.165) is 49.3 Å². The van der Waals surface area contributed by atoms with Crippen LogP contribution in [0.1, 0.15) is 28.9 Å². The number of hydrogen-bond acceptors (Lipinski definition) is 4. The van der Waals surface area contributed by atoms with Gasteiger partial charge in [-0.2, -0.15) is 0 Å². The second-order valence-corrected chi connectivity index (χ2v) is 5.58. The number of nitrogens with zero attached hydrogens (tertiary/aromatic N) is 4. The Morgan fingerprint density at radius 3 is 2.76 bits per heavy atom. The summed E-state index contributed by atoms with van der Waals surface area (Å²) >= 11 is 0. The summed E-state index contributed by atoms with van der Waals surface area (Å²) in [6, 6.07) is 8.11. The quantitative estimate of drug-likeness (QED) is 0.790. The molecular formula is C16H20N4O. The third kappa shape index (κ3) is 3.03. The smallest absolute Gasteiger partial charge is 0.172 e. The Bertz CT molecular complexity index is 629.